The predicted octanol–water partition coefficient (Wildman–Crippen LogP) is 5.48. The molecule has 0 N–H and O–H groups in total. The minimum absolute atomic E-state index is 0.331. The monoisotopic (exact) mass is 512 g/mol. The van der Waals surface area contributed by atoms with Crippen LogP contribution < -0.4 is 9.47 Å². The molecule has 0 radical (unpaired) electrons. The van der Waals surface area contributed by atoms with Gasteiger partial charge in [-0.1, -0.05) is 30.3 Å². The minimum Gasteiger partial charge on any atom is -0.490 e. The SMILES string of the molecule is COCCOc1ccc(C(=O)Oc2ccc(C(=O)OCCCc3ccccc3)cc2)cc1Br. The summed E-state index contributed by atoms with van der Waals surface area (Å²) < 4.78 is 21.9. The van der Waals surface area contributed by atoms with Gasteiger partial charge in [0.15, 0.2) is 0 Å². The topological polar surface area (TPSA) is 71.1 Å². The molecule has 172 valence electrons. The third-order valence-electron chi connectivity index (χ3n) is 4.70. The minimum atomic E-state index is -0.518. The Morgan fingerprint density at radius 2 is 1.55 bits per heavy atom. The summed E-state index contributed by atoms with van der Waals surface area (Å²) >= 11 is 3.39. The van der Waals surface area contributed by atoms with Crippen molar-refractivity contribution in [1.82, 2.24) is 0 Å². The summed E-state index contributed by atoms with van der Waals surface area (Å²) in [5.41, 5.74) is 1.97. The number of hydrogen-bond donors (Lipinski definition) is 0. The van der Waals surface area contributed by atoms with Gasteiger partial charge in [0.05, 0.1) is 28.8 Å². The first-order chi connectivity index (χ1) is 16.1. The Morgan fingerprint density at radius 3 is 2.24 bits per heavy atom. The summed E-state index contributed by atoms with van der Waals surface area (Å²) in [6, 6.07) is 21.3. The van der Waals surface area contributed by atoms with Crippen LogP contribution in [-0.2, 0) is 15.9 Å². The van der Waals surface area contributed by atoms with E-state index in [4.69, 9.17) is 18.9 Å². The van der Waals surface area contributed by atoms with Crippen molar-refractivity contribution in [3.05, 3.63) is 94.0 Å². The smallest absolute Gasteiger partial charge is 0.343 e. The quantitative estimate of drug-likeness (QED) is 0.192. The summed E-state index contributed by atoms with van der Waals surface area (Å²) in [7, 11) is 1.60. The van der Waals surface area contributed by atoms with Gasteiger partial charge in [-0.05, 0) is 76.8 Å². The first kappa shape index (κ1) is 24.5. The van der Waals surface area contributed by atoms with Gasteiger partial charge in [0.2, 0.25) is 0 Å². The van der Waals surface area contributed by atoms with E-state index in [0.717, 1.165) is 12.8 Å². The summed E-state index contributed by atoms with van der Waals surface area (Å²) in [6.45, 7) is 1.21. The summed E-state index contributed by atoms with van der Waals surface area (Å²) in [6.07, 6.45) is 1.59. The maximum absolute atomic E-state index is 12.5. The van der Waals surface area contributed by atoms with Crippen molar-refractivity contribution < 1.29 is 28.5 Å². The molecule has 7 heteroatoms. The molecule has 0 aliphatic heterocycles. The third-order valence-corrected chi connectivity index (χ3v) is 5.32. The van der Waals surface area contributed by atoms with Gasteiger partial charge in [-0.2, -0.15) is 0 Å². The first-order valence-corrected chi connectivity index (χ1v) is 11.3. The fourth-order valence-corrected chi connectivity index (χ4v) is 3.47. The van der Waals surface area contributed by atoms with Crippen LogP contribution >= 0.6 is 15.9 Å². The van der Waals surface area contributed by atoms with E-state index in [1.165, 1.54) is 5.56 Å². The lowest BCUT2D eigenvalue weighted by Gasteiger charge is -2.10. The molecule has 33 heavy (non-hydrogen) atoms. The molecule has 6 nitrogen and oxygen atoms in total. The second-order valence-corrected chi connectivity index (χ2v) is 7.98. The molecule has 0 saturated carbocycles. The molecule has 0 amide bonds. The van der Waals surface area contributed by atoms with Crippen LogP contribution in [0.1, 0.15) is 32.7 Å². The summed E-state index contributed by atoms with van der Waals surface area (Å²) in [5.74, 6) is 0.0108. The van der Waals surface area contributed by atoms with Crippen LogP contribution in [0, 0.1) is 0 Å². The van der Waals surface area contributed by atoms with Gasteiger partial charge in [0.25, 0.3) is 0 Å². The van der Waals surface area contributed by atoms with Crippen molar-refractivity contribution in [2.75, 3.05) is 26.9 Å². The zero-order valence-corrected chi connectivity index (χ0v) is 19.9. The zero-order chi connectivity index (χ0) is 23.5. The van der Waals surface area contributed by atoms with E-state index < -0.39 is 11.9 Å². The lowest BCUT2D eigenvalue weighted by Crippen LogP contribution is -2.10. The standard InChI is InChI=1S/C26H25BrO6/c1-30-16-17-31-24-14-11-21(18-23(24)27)26(29)33-22-12-9-20(10-13-22)25(28)32-15-5-8-19-6-3-2-4-7-19/h2-4,6-7,9-14,18H,5,8,15-17H2,1H3. The van der Waals surface area contributed by atoms with Gasteiger partial charge in [-0.25, -0.2) is 9.59 Å². The highest BCUT2D eigenvalue weighted by molar-refractivity contribution is 9.10. The highest BCUT2D eigenvalue weighted by Gasteiger charge is 2.13. The summed E-state index contributed by atoms with van der Waals surface area (Å²) in [5, 5.41) is 0. The van der Waals surface area contributed by atoms with Gasteiger partial charge in [-0.3, -0.25) is 0 Å². The molecule has 0 bridgehead atoms. The Kier molecular flexibility index (Phi) is 9.47. The van der Waals surface area contributed by atoms with Crippen LogP contribution in [0.4, 0.5) is 0 Å². The van der Waals surface area contributed by atoms with E-state index in [2.05, 4.69) is 15.9 Å². The number of benzene rings is 3. The number of rotatable bonds is 11. The first-order valence-electron chi connectivity index (χ1n) is 10.5. The molecule has 0 spiro atoms. The molecule has 3 rings (SSSR count). The van der Waals surface area contributed by atoms with E-state index in [1.807, 2.05) is 30.3 Å². The second kappa shape index (κ2) is 12.8. The summed E-state index contributed by atoms with van der Waals surface area (Å²) in [4.78, 5) is 24.7. The maximum Gasteiger partial charge on any atom is 0.343 e. The van der Waals surface area contributed by atoms with Gasteiger partial charge < -0.3 is 18.9 Å². The number of carbonyl (C=O) groups is 2. The second-order valence-electron chi connectivity index (χ2n) is 7.13. The lowest BCUT2D eigenvalue weighted by molar-refractivity contribution is 0.0500. The number of halogens is 1. The Bertz CT molecular complexity index is 1050. The van der Waals surface area contributed by atoms with E-state index in [0.29, 0.717) is 46.9 Å². The molecule has 3 aromatic carbocycles. The van der Waals surface area contributed by atoms with E-state index in [1.54, 1.807) is 49.6 Å². The number of hydrogen-bond acceptors (Lipinski definition) is 6. The molecular weight excluding hydrogens is 488 g/mol. The largest absolute Gasteiger partial charge is 0.490 e. The van der Waals surface area contributed by atoms with Gasteiger partial charge in [0.1, 0.15) is 18.1 Å². The zero-order valence-electron chi connectivity index (χ0n) is 18.3. The fraction of sp³-hybridized carbons (Fsp3) is 0.231. The van der Waals surface area contributed by atoms with Crippen molar-refractivity contribution in [1.29, 1.82) is 0 Å². The fourth-order valence-electron chi connectivity index (χ4n) is 2.97. The van der Waals surface area contributed by atoms with Crippen LogP contribution in [0.5, 0.6) is 11.5 Å². The van der Waals surface area contributed by atoms with E-state index >= 15 is 0 Å². The number of esters is 2. The number of ether oxygens (including phenoxy) is 4. The van der Waals surface area contributed by atoms with Crippen LogP contribution in [0.25, 0.3) is 0 Å². The maximum atomic E-state index is 12.5. The Labute approximate surface area is 201 Å². The molecule has 0 heterocycles. The molecule has 0 unspecified atom stereocenters. The average molecular weight is 513 g/mol. The molecule has 0 aliphatic rings. The van der Waals surface area contributed by atoms with Gasteiger partial charge >= 0.3 is 11.9 Å². The Morgan fingerprint density at radius 1 is 0.818 bits per heavy atom. The molecule has 0 saturated heterocycles. The van der Waals surface area contributed by atoms with Crippen LogP contribution in [0.15, 0.2) is 77.3 Å². The van der Waals surface area contributed by atoms with Crippen molar-refractivity contribution in [3.63, 3.8) is 0 Å². The van der Waals surface area contributed by atoms with Crippen molar-refractivity contribution in [2.24, 2.45) is 0 Å². The molecular formula is C26H25BrO6. The van der Waals surface area contributed by atoms with Crippen molar-refractivity contribution in [2.45, 2.75) is 12.8 Å². The molecule has 0 atom stereocenters. The van der Waals surface area contributed by atoms with Crippen LogP contribution in [0.3, 0.4) is 0 Å². The van der Waals surface area contributed by atoms with Crippen molar-refractivity contribution >= 4 is 27.9 Å². The Hall–Kier alpha value is -3.16. The van der Waals surface area contributed by atoms with E-state index in [-0.39, 0.29) is 0 Å². The van der Waals surface area contributed by atoms with E-state index in [9.17, 15) is 9.59 Å². The third kappa shape index (κ3) is 7.73. The number of aryl methyl sites for hydroxylation is 1. The van der Waals surface area contributed by atoms with Crippen LogP contribution in [-0.4, -0.2) is 38.9 Å². The van der Waals surface area contributed by atoms with Crippen LogP contribution in [0.2, 0.25) is 0 Å². The molecule has 0 fully saturated rings. The van der Waals surface area contributed by atoms with Gasteiger partial charge in [-0.15, -0.1) is 0 Å². The molecule has 0 aromatic heterocycles. The lowest BCUT2D eigenvalue weighted by atomic mass is 10.1. The van der Waals surface area contributed by atoms with Gasteiger partial charge in [0, 0.05) is 7.11 Å². The van der Waals surface area contributed by atoms with Crippen molar-refractivity contribution in [3.8, 4) is 11.5 Å². The average Bonchev–Trinajstić information content (AvgIpc) is 2.84. The molecule has 0 aliphatic carbocycles. The Balaban J connectivity index is 1.47. The highest BCUT2D eigenvalue weighted by atomic mass is 79.9. The highest BCUT2D eigenvalue weighted by Crippen LogP contribution is 2.26. The molecule has 3 aromatic rings. The number of carbonyl (C=O) groups excluding carboxylic acids is 2. The number of methoxy groups -OCH3 is 1. The predicted molar refractivity (Wildman–Crippen MR) is 128 cm³/mol. The normalized spacial score (nSPS) is 10.5.